The fraction of sp³-hybridized carbons (Fsp3) is 0.444. The SMILES string of the molecule is CC1(CCl)C=CC=CC1C(=O)O. The van der Waals surface area contributed by atoms with Crippen molar-refractivity contribution < 1.29 is 9.90 Å². The van der Waals surface area contributed by atoms with Gasteiger partial charge in [0, 0.05) is 11.3 Å². The minimum atomic E-state index is -0.821. The standard InChI is InChI=1S/C9H11ClO2/c1-9(6-10)5-3-2-4-7(9)8(11)12/h2-5,7H,6H2,1H3,(H,11,12). The zero-order chi connectivity index (χ0) is 9.19. The highest BCUT2D eigenvalue weighted by molar-refractivity contribution is 6.18. The first-order valence-corrected chi connectivity index (χ1v) is 4.28. The van der Waals surface area contributed by atoms with Crippen molar-refractivity contribution in [1.29, 1.82) is 0 Å². The molecule has 0 fully saturated rings. The van der Waals surface area contributed by atoms with Crippen molar-refractivity contribution in [3.05, 3.63) is 24.3 Å². The fourth-order valence-electron chi connectivity index (χ4n) is 1.27. The quantitative estimate of drug-likeness (QED) is 0.671. The van der Waals surface area contributed by atoms with E-state index in [4.69, 9.17) is 16.7 Å². The van der Waals surface area contributed by atoms with Crippen molar-refractivity contribution in [2.24, 2.45) is 11.3 Å². The van der Waals surface area contributed by atoms with Gasteiger partial charge in [-0.05, 0) is 0 Å². The van der Waals surface area contributed by atoms with Gasteiger partial charge in [0.2, 0.25) is 0 Å². The molecule has 2 atom stereocenters. The van der Waals surface area contributed by atoms with E-state index in [1.165, 1.54) is 0 Å². The summed E-state index contributed by atoms with van der Waals surface area (Å²) in [5, 5.41) is 8.86. The first-order valence-electron chi connectivity index (χ1n) is 3.75. The molecular formula is C9H11ClO2. The van der Waals surface area contributed by atoms with Crippen LogP contribution < -0.4 is 0 Å². The third-order valence-electron chi connectivity index (χ3n) is 2.16. The summed E-state index contributed by atoms with van der Waals surface area (Å²) in [7, 11) is 0. The van der Waals surface area contributed by atoms with E-state index in [9.17, 15) is 4.79 Å². The molecule has 1 aliphatic carbocycles. The van der Waals surface area contributed by atoms with Gasteiger partial charge in [-0.3, -0.25) is 4.79 Å². The van der Waals surface area contributed by atoms with E-state index in [1.54, 1.807) is 12.2 Å². The lowest BCUT2D eigenvalue weighted by molar-refractivity contribution is -0.142. The third-order valence-corrected chi connectivity index (χ3v) is 2.73. The molecule has 0 aromatic rings. The summed E-state index contributed by atoms with van der Waals surface area (Å²) in [6.45, 7) is 1.85. The first kappa shape index (κ1) is 9.33. The number of carboxylic acids is 1. The Morgan fingerprint density at radius 1 is 1.67 bits per heavy atom. The van der Waals surface area contributed by atoms with Crippen molar-refractivity contribution >= 4 is 17.6 Å². The molecule has 0 heterocycles. The summed E-state index contributed by atoms with van der Waals surface area (Å²) in [4.78, 5) is 10.8. The number of halogens is 1. The molecule has 0 saturated carbocycles. The molecule has 1 aliphatic rings. The number of carboxylic acid groups (broad SMARTS) is 1. The van der Waals surface area contributed by atoms with E-state index in [1.807, 2.05) is 19.1 Å². The fourth-order valence-corrected chi connectivity index (χ4v) is 1.52. The molecule has 0 aromatic carbocycles. The molecule has 66 valence electrons. The average molecular weight is 187 g/mol. The molecule has 0 bridgehead atoms. The van der Waals surface area contributed by atoms with Crippen LogP contribution >= 0.6 is 11.6 Å². The largest absolute Gasteiger partial charge is 0.481 e. The van der Waals surface area contributed by atoms with Crippen LogP contribution in [0.2, 0.25) is 0 Å². The molecule has 1 N–H and O–H groups in total. The van der Waals surface area contributed by atoms with Gasteiger partial charge >= 0.3 is 5.97 Å². The normalized spacial score (nSPS) is 33.7. The first-order chi connectivity index (χ1) is 5.60. The summed E-state index contributed by atoms with van der Waals surface area (Å²) in [5.74, 6) is -0.996. The van der Waals surface area contributed by atoms with Gasteiger partial charge in [-0.2, -0.15) is 0 Å². The molecule has 0 aromatic heterocycles. The van der Waals surface area contributed by atoms with E-state index in [2.05, 4.69) is 0 Å². The van der Waals surface area contributed by atoms with Crippen molar-refractivity contribution in [2.75, 3.05) is 5.88 Å². The molecule has 12 heavy (non-hydrogen) atoms. The maximum absolute atomic E-state index is 10.8. The second-order valence-electron chi connectivity index (χ2n) is 3.20. The molecule has 2 nitrogen and oxygen atoms in total. The zero-order valence-electron chi connectivity index (χ0n) is 6.83. The van der Waals surface area contributed by atoms with Gasteiger partial charge in [-0.25, -0.2) is 0 Å². The van der Waals surface area contributed by atoms with Gasteiger partial charge in [0.1, 0.15) is 0 Å². The van der Waals surface area contributed by atoms with Crippen LogP contribution in [0.25, 0.3) is 0 Å². The molecule has 0 spiro atoms. The van der Waals surface area contributed by atoms with E-state index >= 15 is 0 Å². The third kappa shape index (κ3) is 1.53. The highest BCUT2D eigenvalue weighted by atomic mass is 35.5. The van der Waals surface area contributed by atoms with Crippen molar-refractivity contribution in [3.63, 3.8) is 0 Å². The lowest BCUT2D eigenvalue weighted by Crippen LogP contribution is -2.33. The zero-order valence-corrected chi connectivity index (χ0v) is 7.58. The second kappa shape index (κ2) is 3.31. The van der Waals surface area contributed by atoms with Crippen LogP contribution in [-0.4, -0.2) is 17.0 Å². The number of aliphatic carboxylic acids is 1. The monoisotopic (exact) mass is 186 g/mol. The van der Waals surface area contributed by atoms with Crippen LogP contribution in [0.15, 0.2) is 24.3 Å². The highest BCUT2D eigenvalue weighted by Gasteiger charge is 2.35. The van der Waals surface area contributed by atoms with Gasteiger partial charge < -0.3 is 5.11 Å². The Hall–Kier alpha value is -0.760. The number of rotatable bonds is 2. The lowest BCUT2D eigenvalue weighted by atomic mass is 9.76. The van der Waals surface area contributed by atoms with Gasteiger partial charge in [0.05, 0.1) is 5.92 Å². The molecule has 3 heteroatoms. The lowest BCUT2D eigenvalue weighted by Gasteiger charge is -2.29. The highest BCUT2D eigenvalue weighted by Crippen LogP contribution is 2.34. The molecule has 0 amide bonds. The van der Waals surface area contributed by atoms with Crippen molar-refractivity contribution in [3.8, 4) is 0 Å². The van der Waals surface area contributed by atoms with Gasteiger partial charge in [0.15, 0.2) is 0 Å². The molecule has 0 radical (unpaired) electrons. The summed E-state index contributed by atoms with van der Waals surface area (Å²) < 4.78 is 0. The van der Waals surface area contributed by atoms with Crippen molar-refractivity contribution in [1.82, 2.24) is 0 Å². The predicted molar refractivity (Wildman–Crippen MR) is 48.2 cm³/mol. The smallest absolute Gasteiger partial charge is 0.311 e. The number of allylic oxidation sites excluding steroid dienone is 3. The molecule has 2 unspecified atom stereocenters. The number of carbonyl (C=O) groups is 1. The van der Waals surface area contributed by atoms with Crippen LogP contribution in [-0.2, 0) is 4.79 Å². The summed E-state index contributed by atoms with van der Waals surface area (Å²) in [6, 6.07) is 0. The number of hydrogen-bond acceptors (Lipinski definition) is 1. The Kier molecular flexibility index (Phi) is 2.58. The molecule has 1 rings (SSSR count). The van der Waals surface area contributed by atoms with Crippen LogP contribution in [0, 0.1) is 11.3 Å². The summed E-state index contributed by atoms with van der Waals surface area (Å²) in [5.41, 5.74) is -0.442. The maximum Gasteiger partial charge on any atom is 0.311 e. The van der Waals surface area contributed by atoms with Crippen LogP contribution in [0.4, 0.5) is 0 Å². The molecular weight excluding hydrogens is 176 g/mol. The van der Waals surface area contributed by atoms with E-state index in [-0.39, 0.29) is 0 Å². The van der Waals surface area contributed by atoms with E-state index in [0.29, 0.717) is 5.88 Å². The topological polar surface area (TPSA) is 37.3 Å². The van der Waals surface area contributed by atoms with Gasteiger partial charge in [-0.1, -0.05) is 31.2 Å². The van der Waals surface area contributed by atoms with Gasteiger partial charge in [-0.15, -0.1) is 11.6 Å². The Bertz CT molecular complexity index is 245. The minimum absolute atomic E-state index is 0.324. The number of alkyl halides is 1. The van der Waals surface area contributed by atoms with Crippen molar-refractivity contribution in [2.45, 2.75) is 6.92 Å². The van der Waals surface area contributed by atoms with Crippen LogP contribution in [0.1, 0.15) is 6.92 Å². The molecule has 0 aliphatic heterocycles. The Balaban J connectivity index is 2.92. The molecule has 0 saturated heterocycles. The predicted octanol–water partition coefficient (Wildman–Crippen LogP) is 2.06. The van der Waals surface area contributed by atoms with Crippen LogP contribution in [0.5, 0.6) is 0 Å². The van der Waals surface area contributed by atoms with Crippen LogP contribution in [0.3, 0.4) is 0 Å². The van der Waals surface area contributed by atoms with Gasteiger partial charge in [0.25, 0.3) is 0 Å². The maximum atomic E-state index is 10.8. The summed E-state index contributed by atoms with van der Waals surface area (Å²) >= 11 is 5.71. The van der Waals surface area contributed by atoms with E-state index in [0.717, 1.165) is 0 Å². The Morgan fingerprint density at radius 3 is 2.75 bits per heavy atom. The minimum Gasteiger partial charge on any atom is -0.481 e. The Labute approximate surface area is 76.5 Å². The summed E-state index contributed by atoms with van der Waals surface area (Å²) in [6.07, 6.45) is 7.10. The second-order valence-corrected chi connectivity index (χ2v) is 3.47. The Morgan fingerprint density at radius 2 is 2.33 bits per heavy atom. The number of hydrogen-bond donors (Lipinski definition) is 1. The average Bonchev–Trinajstić information content (AvgIpc) is 2.05. The van der Waals surface area contributed by atoms with E-state index < -0.39 is 17.3 Å².